The third-order valence-corrected chi connectivity index (χ3v) is 22.7. The first-order valence-electron chi connectivity index (χ1n) is 27.9. The molecule has 0 spiro atoms. The summed E-state index contributed by atoms with van der Waals surface area (Å²) >= 11 is 2.54. The third kappa shape index (κ3) is 9.81. The van der Waals surface area contributed by atoms with Gasteiger partial charge in [0, 0.05) is 58.6 Å². The average molecular weight is 829 g/mol. The highest BCUT2D eigenvalue weighted by Crippen LogP contribution is 2.52. The molecule has 0 aromatic rings. The van der Waals surface area contributed by atoms with Crippen LogP contribution in [0.5, 0.6) is 0 Å². The molecule has 1 saturated heterocycles. The maximum absolute atomic E-state index is 13.3. The van der Waals surface area contributed by atoms with Crippen LogP contribution in [0.15, 0.2) is 0 Å². The zero-order chi connectivity index (χ0) is 39.5. The summed E-state index contributed by atoms with van der Waals surface area (Å²) < 4.78 is 0. The molecule has 5 atom stereocenters. The number of fused-ring (bicyclic) bond motifs is 2. The largest absolute Gasteiger partial charge is 0.299 e. The Kier molecular flexibility index (Phi) is 14.8. The van der Waals surface area contributed by atoms with Gasteiger partial charge in [-0.1, -0.05) is 70.6 Å². The van der Waals surface area contributed by atoms with Gasteiger partial charge in [0.25, 0.3) is 0 Å². The molecule has 9 saturated carbocycles. The second-order valence-corrected chi connectivity index (χ2v) is 25.3. The predicted octanol–water partition coefficient (Wildman–Crippen LogP) is 14.7. The van der Waals surface area contributed by atoms with E-state index in [9.17, 15) is 4.79 Å². The van der Waals surface area contributed by atoms with E-state index < -0.39 is 0 Å². The summed E-state index contributed by atoms with van der Waals surface area (Å²) in [6.07, 6.45) is 55.6. The average Bonchev–Trinajstić information content (AvgIpc) is 3.32. The summed E-state index contributed by atoms with van der Waals surface area (Å²) in [6, 6.07) is 5.38. The maximum Gasteiger partial charge on any atom is 0.139 e. The molecule has 9 aliphatic carbocycles. The van der Waals surface area contributed by atoms with Crippen LogP contribution in [-0.4, -0.2) is 62.3 Å². The molecule has 0 aromatic heterocycles. The van der Waals surface area contributed by atoms with Gasteiger partial charge in [-0.3, -0.25) is 14.6 Å². The van der Waals surface area contributed by atoms with Gasteiger partial charge < -0.3 is 0 Å². The van der Waals surface area contributed by atoms with E-state index in [0.29, 0.717) is 17.6 Å². The van der Waals surface area contributed by atoms with Crippen molar-refractivity contribution in [2.45, 2.75) is 291 Å². The van der Waals surface area contributed by atoms with E-state index in [1.54, 1.807) is 38.5 Å². The molecule has 0 amide bonds. The summed E-state index contributed by atoms with van der Waals surface area (Å²) in [6.45, 7) is 0. The fraction of sp³-hybridized carbons (Fsp3) is 0.982. The molecule has 10 fully saturated rings. The van der Waals surface area contributed by atoms with Gasteiger partial charge in [0.1, 0.15) is 5.78 Å². The maximum atomic E-state index is 13.3. The van der Waals surface area contributed by atoms with Crippen LogP contribution in [0.1, 0.15) is 244 Å². The quantitative estimate of drug-likeness (QED) is 0.231. The first-order chi connectivity index (χ1) is 29.2. The van der Waals surface area contributed by atoms with E-state index in [2.05, 4.69) is 21.6 Å². The summed E-state index contributed by atoms with van der Waals surface area (Å²) in [5.41, 5.74) is 0. The Balaban J connectivity index is 0.690. The second-order valence-electron chi connectivity index (χ2n) is 23.8. The molecule has 1 aliphatic heterocycles. The Labute approximate surface area is 368 Å². The topological polar surface area (TPSA) is 23.6 Å². The van der Waals surface area contributed by atoms with Crippen LogP contribution in [0.2, 0.25) is 0 Å². The van der Waals surface area contributed by atoms with Crippen LogP contribution >= 0.6 is 11.8 Å². The monoisotopic (exact) mass is 829 g/mol. The van der Waals surface area contributed by atoms with Gasteiger partial charge in [0.05, 0.1) is 0 Å². The molecular weight excluding hydrogens is 737 g/mol. The molecule has 5 unspecified atom stereocenters. The van der Waals surface area contributed by atoms with Crippen LogP contribution in [0.25, 0.3) is 0 Å². The standard InChI is InChI=1S/C55H92N2OS/c58-55(45-12-4-1-5-13-45)46-30-28-43(29-31-46)41-22-20-39(21-23-41)40-24-26-42(27-25-40)44-32-34-49(35-33-44)56(47-14-6-2-7-15-47)50-36-37-52-54(38-50)59-53-19-11-10-18-51(53)57(52)48-16-8-3-9-17-48/h39-54H,1-38H2. The number of thioether (sulfide) groups is 1. The van der Waals surface area contributed by atoms with Crippen molar-refractivity contribution in [1.82, 2.24) is 9.80 Å². The zero-order valence-electron chi connectivity index (χ0n) is 38.3. The number of nitrogens with zero attached hydrogens (tertiary/aromatic N) is 2. The smallest absolute Gasteiger partial charge is 0.139 e. The highest BCUT2D eigenvalue weighted by atomic mass is 32.2. The van der Waals surface area contributed by atoms with Gasteiger partial charge in [-0.15, -0.1) is 0 Å². The summed E-state index contributed by atoms with van der Waals surface area (Å²) in [7, 11) is 0. The molecule has 4 heteroatoms. The number of rotatable bonds is 9. The molecule has 0 bridgehead atoms. The normalized spacial score (nSPS) is 44.1. The van der Waals surface area contributed by atoms with E-state index in [0.717, 1.165) is 82.3 Å². The molecule has 1 heterocycles. The van der Waals surface area contributed by atoms with Gasteiger partial charge in [-0.25, -0.2) is 0 Å². The van der Waals surface area contributed by atoms with Crippen molar-refractivity contribution >= 4 is 17.5 Å². The number of hydrogen-bond acceptors (Lipinski definition) is 4. The van der Waals surface area contributed by atoms with Gasteiger partial charge in [0.2, 0.25) is 0 Å². The van der Waals surface area contributed by atoms with Gasteiger partial charge in [-0.2, -0.15) is 11.8 Å². The van der Waals surface area contributed by atoms with Crippen molar-refractivity contribution in [2.24, 2.45) is 47.3 Å². The first-order valence-corrected chi connectivity index (χ1v) is 28.8. The van der Waals surface area contributed by atoms with E-state index in [1.807, 2.05) is 0 Å². The Morgan fingerprint density at radius 1 is 0.356 bits per heavy atom. The van der Waals surface area contributed by atoms with Gasteiger partial charge in [-0.05, 0) is 209 Å². The third-order valence-electron chi connectivity index (χ3n) is 20.9. The molecule has 10 aliphatic rings. The van der Waals surface area contributed by atoms with E-state index >= 15 is 0 Å². The highest BCUT2D eigenvalue weighted by Gasteiger charge is 2.50. The lowest BCUT2D eigenvalue weighted by Gasteiger charge is -2.59. The van der Waals surface area contributed by atoms with E-state index in [-0.39, 0.29) is 0 Å². The number of hydrogen-bond donors (Lipinski definition) is 0. The van der Waals surface area contributed by atoms with Crippen molar-refractivity contribution < 1.29 is 4.79 Å². The molecule has 0 aromatic carbocycles. The number of carbonyl (C=O) groups excluding carboxylic acids is 1. The Bertz CT molecular complexity index is 1290. The van der Waals surface area contributed by atoms with Crippen molar-refractivity contribution in [3.05, 3.63) is 0 Å². The minimum absolute atomic E-state index is 0.425. The number of ketones is 1. The molecule has 59 heavy (non-hydrogen) atoms. The Morgan fingerprint density at radius 3 is 1.34 bits per heavy atom. The van der Waals surface area contributed by atoms with Crippen molar-refractivity contribution in [1.29, 1.82) is 0 Å². The lowest BCUT2D eigenvalue weighted by atomic mass is 9.63. The fourth-order valence-electron chi connectivity index (χ4n) is 17.7. The van der Waals surface area contributed by atoms with Crippen molar-refractivity contribution in [2.75, 3.05) is 0 Å². The van der Waals surface area contributed by atoms with Crippen LogP contribution in [0.4, 0.5) is 0 Å². The minimum Gasteiger partial charge on any atom is -0.299 e. The highest BCUT2D eigenvalue weighted by molar-refractivity contribution is 8.00. The lowest BCUT2D eigenvalue weighted by molar-refractivity contribution is -0.129. The summed E-state index contributed by atoms with van der Waals surface area (Å²) in [5.74, 6) is 7.61. The SMILES string of the molecule is O=C(C1CCCCC1)C1CCC(C2CCC(C3CCC(C4CCC(N(C5CCCCC5)C5CCC6C(C5)SC5CCCCC5N6C5CCCCC5)CC4)CC3)CC2)CC1. The molecule has 334 valence electrons. The van der Waals surface area contributed by atoms with Gasteiger partial charge in [0.15, 0.2) is 0 Å². The molecule has 3 nitrogen and oxygen atoms in total. The minimum atomic E-state index is 0.425. The van der Waals surface area contributed by atoms with Crippen LogP contribution in [0.3, 0.4) is 0 Å². The zero-order valence-corrected chi connectivity index (χ0v) is 39.1. The van der Waals surface area contributed by atoms with E-state index in [1.165, 1.54) is 205 Å². The molecule has 10 rings (SSSR count). The van der Waals surface area contributed by atoms with Crippen LogP contribution in [-0.2, 0) is 4.79 Å². The second kappa shape index (κ2) is 20.4. The van der Waals surface area contributed by atoms with Crippen LogP contribution < -0.4 is 0 Å². The fourth-order valence-corrected chi connectivity index (χ4v) is 19.7. The predicted molar refractivity (Wildman–Crippen MR) is 250 cm³/mol. The van der Waals surface area contributed by atoms with Gasteiger partial charge >= 0.3 is 0 Å². The first kappa shape index (κ1) is 42.9. The number of Topliss-reactive ketones (excluding diaryl/α,β-unsaturated/α-hetero) is 1. The molecule has 0 radical (unpaired) electrons. The molecular formula is C55H92N2OS. The van der Waals surface area contributed by atoms with Crippen molar-refractivity contribution in [3.8, 4) is 0 Å². The van der Waals surface area contributed by atoms with Crippen LogP contribution in [0, 0.1) is 47.3 Å². The summed E-state index contributed by atoms with van der Waals surface area (Å²) in [5, 5.41) is 1.85. The van der Waals surface area contributed by atoms with Crippen molar-refractivity contribution in [3.63, 3.8) is 0 Å². The lowest BCUT2D eigenvalue weighted by Crippen LogP contribution is -2.64. The van der Waals surface area contributed by atoms with E-state index in [4.69, 9.17) is 0 Å². The molecule has 0 N–H and O–H groups in total. The summed E-state index contributed by atoms with van der Waals surface area (Å²) in [4.78, 5) is 19.8. The Morgan fingerprint density at radius 2 is 0.763 bits per heavy atom. The number of carbonyl (C=O) groups is 1. The Hall–Kier alpha value is -0.0600.